The van der Waals surface area contributed by atoms with Crippen LogP contribution in [0.3, 0.4) is 0 Å². The number of nitrogens with zero attached hydrogens (tertiary/aromatic N) is 2. The van der Waals surface area contributed by atoms with Crippen LogP contribution < -0.4 is 19.5 Å². The van der Waals surface area contributed by atoms with E-state index in [9.17, 15) is 4.79 Å². The molecule has 0 aliphatic carbocycles. The molecule has 3 aromatic rings. The highest BCUT2D eigenvalue weighted by molar-refractivity contribution is 5.77. The molecule has 0 fully saturated rings. The van der Waals surface area contributed by atoms with Gasteiger partial charge in [-0.2, -0.15) is 0 Å². The van der Waals surface area contributed by atoms with Gasteiger partial charge < -0.3 is 35.2 Å². The minimum atomic E-state index is -1.23. The van der Waals surface area contributed by atoms with Crippen molar-refractivity contribution in [2.24, 2.45) is 0 Å². The number of rotatable bonds is 7. The third-order valence-corrected chi connectivity index (χ3v) is 4.01. The van der Waals surface area contributed by atoms with Gasteiger partial charge in [0, 0.05) is 29.4 Å². The highest BCUT2D eigenvalue weighted by Crippen LogP contribution is 2.39. The molecule has 1 heterocycles. The van der Waals surface area contributed by atoms with Crippen molar-refractivity contribution < 1.29 is 34.7 Å². The number of methoxy groups -OCH3 is 3. The summed E-state index contributed by atoms with van der Waals surface area (Å²) in [6.07, 6.45) is 0.596. The first kappa shape index (κ1) is 25.4. The van der Waals surface area contributed by atoms with Gasteiger partial charge >= 0.3 is 5.97 Å². The average molecular weight is 433 g/mol. The molecule has 10 nitrogen and oxygen atoms in total. The van der Waals surface area contributed by atoms with E-state index in [-0.39, 0.29) is 5.48 Å². The van der Waals surface area contributed by atoms with Crippen LogP contribution in [0.5, 0.6) is 17.2 Å². The highest BCUT2D eigenvalue weighted by Gasteiger charge is 2.13. The van der Waals surface area contributed by atoms with Gasteiger partial charge in [-0.25, -0.2) is 14.8 Å². The molecule has 3 rings (SSSR count). The molecule has 0 bridgehead atoms. The Morgan fingerprint density at radius 2 is 1.68 bits per heavy atom. The van der Waals surface area contributed by atoms with Gasteiger partial charge in [0.1, 0.15) is 11.9 Å². The Morgan fingerprint density at radius 3 is 2.19 bits per heavy atom. The minimum Gasteiger partial charge on any atom is -0.493 e. The Balaban J connectivity index is 0.000000607. The summed E-state index contributed by atoms with van der Waals surface area (Å²) >= 11 is 0. The maximum atomic E-state index is 9.45. The summed E-state index contributed by atoms with van der Waals surface area (Å²) in [6.45, 7) is 1.69. The molecule has 1 atom stereocenters. The summed E-state index contributed by atoms with van der Waals surface area (Å²) in [5, 5.41) is 20.1. The molecule has 31 heavy (non-hydrogen) atoms. The Hall–Kier alpha value is -3.63. The SMILES string of the molecule is CC(O)C(=O)O.COc1cc(NCc2ncc3ccccc3n2)cc(OC)c1OC.O. The predicted molar refractivity (Wildman–Crippen MR) is 116 cm³/mol. The van der Waals surface area contributed by atoms with Crippen molar-refractivity contribution >= 4 is 22.6 Å². The van der Waals surface area contributed by atoms with Crippen molar-refractivity contribution in [2.75, 3.05) is 26.6 Å². The van der Waals surface area contributed by atoms with Crippen molar-refractivity contribution in [3.63, 3.8) is 0 Å². The lowest BCUT2D eigenvalue weighted by atomic mass is 10.2. The second-order valence-electron chi connectivity index (χ2n) is 6.13. The number of aromatic nitrogens is 2. The minimum absolute atomic E-state index is 0. The van der Waals surface area contributed by atoms with Gasteiger partial charge in [0.05, 0.1) is 33.4 Å². The standard InChI is InChI=1S/C18H19N3O3.C3H6O3.H2O/c1-22-15-8-13(9-16(23-2)18(15)24-3)19-11-17-20-10-12-6-4-5-7-14(12)21-17;1-2(4)3(5)6;/h4-10,19H,11H2,1-3H3;2,4H,1H3,(H,5,6);1H2. The molecule has 0 aliphatic rings. The maximum absolute atomic E-state index is 9.45. The largest absolute Gasteiger partial charge is 0.493 e. The average Bonchev–Trinajstić information content (AvgIpc) is 2.76. The number of para-hydroxylation sites is 1. The lowest BCUT2D eigenvalue weighted by Gasteiger charge is -2.15. The summed E-state index contributed by atoms with van der Waals surface area (Å²) in [5.41, 5.74) is 1.76. The van der Waals surface area contributed by atoms with Gasteiger partial charge in [-0.15, -0.1) is 0 Å². The molecule has 10 heteroatoms. The van der Waals surface area contributed by atoms with Crippen LogP contribution in [0.4, 0.5) is 5.69 Å². The number of hydrogen-bond donors (Lipinski definition) is 3. The van der Waals surface area contributed by atoms with E-state index in [1.54, 1.807) is 21.3 Å². The van der Waals surface area contributed by atoms with E-state index in [1.165, 1.54) is 6.92 Å². The summed E-state index contributed by atoms with van der Waals surface area (Å²) in [7, 11) is 4.76. The van der Waals surface area contributed by atoms with Gasteiger partial charge in [-0.1, -0.05) is 18.2 Å². The molecule has 2 aromatic carbocycles. The molecule has 168 valence electrons. The number of carboxylic acids is 1. The van der Waals surface area contributed by atoms with Gasteiger partial charge in [0.2, 0.25) is 5.75 Å². The molecular weight excluding hydrogens is 406 g/mol. The van der Waals surface area contributed by atoms with Crippen molar-refractivity contribution in [3.8, 4) is 17.2 Å². The van der Waals surface area contributed by atoms with Gasteiger partial charge in [0.25, 0.3) is 0 Å². The van der Waals surface area contributed by atoms with Crippen molar-refractivity contribution in [2.45, 2.75) is 19.6 Å². The summed E-state index contributed by atoms with van der Waals surface area (Å²) in [5.74, 6) is 1.28. The first-order chi connectivity index (χ1) is 14.4. The highest BCUT2D eigenvalue weighted by atomic mass is 16.5. The summed E-state index contributed by atoms with van der Waals surface area (Å²) in [4.78, 5) is 18.4. The number of carbonyl (C=O) groups is 1. The molecular formula is C21H27N3O7. The first-order valence-electron chi connectivity index (χ1n) is 9.05. The van der Waals surface area contributed by atoms with Gasteiger partial charge in [-0.05, 0) is 13.0 Å². The first-order valence-corrected chi connectivity index (χ1v) is 9.05. The molecule has 0 saturated carbocycles. The quantitative estimate of drug-likeness (QED) is 0.506. The number of aliphatic hydroxyl groups is 1. The summed E-state index contributed by atoms with van der Waals surface area (Å²) < 4.78 is 16.0. The Morgan fingerprint density at radius 1 is 1.10 bits per heavy atom. The number of carboxylic acid groups (broad SMARTS) is 1. The van der Waals surface area contributed by atoms with Gasteiger partial charge in [-0.3, -0.25) is 0 Å². The van der Waals surface area contributed by atoms with Crippen LogP contribution in [-0.4, -0.2) is 59.1 Å². The molecule has 0 saturated heterocycles. The molecule has 5 N–H and O–H groups in total. The lowest BCUT2D eigenvalue weighted by molar-refractivity contribution is -0.145. The molecule has 1 aromatic heterocycles. The van der Waals surface area contributed by atoms with Crippen molar-refractivity contribution in [1.29, 1.82) is 0 Å². The number of hydrogen-bond acceptors (Lipinski definition) is 8. The Labute approximate surface area is 179 Å². The van der Waals surface area contributed by atoms with Crippen LogP contribution in [0.25, 0.3) is 10.9 Å². The van der Waals surface area contributed by atoms with Crippen LogP contribution in [0, 0.1) is 0 Å². The van der Waals surface area contributed by atoms with E-state index in [1.807, 2.05) is 42.6 Å². The fraction of sp³-hybridized carbons (Fsp3) is 0.286. The second-order valence-corrected chi connectivity index (χ2v) is 6.13. The number of benzene rings is 2. The van der Waals surface area contributed by atoms with Crippen LogP contribution >= 0.6 is 0 Å². The zero-order chi connectivity index (χ0) is 22.1. The number of anilines is 1. The van der Waals surface area contributed by atoms with E-state index < -0.39 is 12.1 Å². The molecule has 0 aliphatic heterocycles. The van der Waals surface area contributed by atoms with Crippen molar-refractivity contribution in [1.82, 2.24) is 9.97 Å². The van der Waals surface area contributed by atoms with Crippen LogP contribution in [-0.2, 0) is 11.3 Å². The number of aliphatic hydroxyl groups excluding tert-OH is 1. The fourth-order valence-corrected chi connectivity index (χ4v) is 2.46. The van der Waals surface area contributed by atoms with Crippen LogP contribution in [0.1, 0.15) is 12.7 Å². The maximum Gasteiger partial charge on any atom is 0.332 e. The monoisotopic (exact) mass is 433 g/mol. The smallest absolute Gasteiger partial charge is 0.332 e. The molecule has 0 amide bonds. The number of aliphatic carboxylic acids is 1. The number of nitrogens with one attached hydrogen (secondary N) is 1. The van der Waals surface area contributed by atoms with E-state index in [2.05, 4.69) is 15.3 Å². The van der Waals surface area contributed by atoms with Crippen molar-refractivity contribution in [3.05, 3.63) is 48.4 Å². The third kappa shape index (κ3) is 6.98. The lowest BCUT2D eigenvalue weighted by Crippen LogP contribution is -2.13. The third-order valence-electron chi connectivity index (χ3n) is 4.01. The summed E-state index contributed by atoms with van der Waals surface area (Å²) in [6, 6.07) is 11.6. The fourth-order valence-electron chi connectivity index (χ4n) is 2.46. The van der Waals surface area contributed by atoms with E-state index in [0.29, 0.717) is 29.6 Å². The zero-order valence-electron chi connectivity index (χ0n) is 17.7. The number of ether oxygens (including phenoxy) is 3. The zero-order valence-corrected chi connectivity index (χ0v) is 17.7. The topological polar surface area (TPSA) is 155 Å². The Kier molecular flexibility index (Phi) is 9.96. The Bertz CT molecular complexity index is 971. The molecule has 0 spiro atoms. The van der Waals surface area contributed by atoms with E-state index in [4.69, 9.17) is 24.4 Å². The predicted octanol–water partition coefficient (Wildman–Crippen LogP) is 1.89. The van der Waals surface area contributed by atoms with E-state index >= 15 is 0 Å². The van der Waals surface area contributed by atoms with Crippen LogP contribution in [0.15, 0.2) is 42.6 Å². The van der Waals surface area contributed by atoms with Gasteiger partial charge in [0.15, 0.2) is 11.5 Å². The number of fused-ring (bicyclic) bond motifs is 1. The second kappa shape index (κ2) is 12.2. The normalized spacial score (nSPS) is 10.7. The van der Waals surface area contributed by atoms with Crippen LogP contribution in [0.2, 0.25) is 0 Å². The van der Waals surface area contributed by atoms with E-state index in [0.717, 1.165) is 16.6 Å². The molecule has 1 unspecified atom stereocenters. The molecule has 0 radical (unpaired) electrons.